The fourth-order valence-corrected chi connectivity index (χ4v) is 27.5. The Hall–Kier alpha value is -2.40. The molecule has 0 spiro atoms. The van der Waals surface area contributed by atoms with Crippen LogP contribution in [0.5, 0.6) is 0 Å². The lowest BCUT2D eigenvalue weighted by Crippen LogP contribution is -2.47. The summed E-state index contributed by atoms with van der Waals surface area (Å²) in [6.45, 7) is 28.1. The van der Waals surface area contributed by atoms with Gasteiger partial charge in [0.15, 0.2) is 20.5 Å². The first-order valence-corrected chi connectivity index (χ1v) is 42.8. The van der Waals surface area contributed by atoms with E-state index in [0.717, 1.165) is 59.9 Å². The van der Waals surface area contributed by atoms with Crippen LogP contribution in [-0.2, 0) is 115 Å². The van der Waals surface area contributed by atoms with Crippen LogP contribution in [0.1, 0.15) is 174 Å². The summed E-state index contributed by atoms with van der Waals surface area (Å²) in [6, 6.07) is 0. The highest BCUT2D eigenvalue weighted by molar-refractivity contribution is 8.15. The predicted octanol–water partition coefficient (Wildman–Crippen LogP) is 7.95. The number of esters is 4. The van der Waals surface area contributed by atoms with E-state index in [1.54, 1.807) is 6.92 Å². The van der Waals surface area contributed by atoms with E-state index in [9.17, 15) is 72.0 Å². The zero-order valence-corrected chi connectivity index (χ0v) is 63.2. The van der Waals surface area contributed by atoms with Gasteiger partial charge in [0.2, 0.25) is 0 Å². The van der Waals surface area contributed by atoms with E-state index < -0.39 is 155 Å². The van der Waals surface area contributed by atoms with Crippen LogP contribution in [0.25, 0.3) is 0 Å². The Morgan fingerprint density at radius 2 is 0.842 bits per heavy atom. The van der Waals surface area contributed by atoms with Gasteiger partial charge in [0.05, 0.1) is 44.0 Å². The number of hydrogen-bond acceptors (Lipinski definition) is 28. The average Bonchev–Trinajstić information content (AvgIpc) is 1.56. The van der Waals surface area contributed by atoms with Crippen molar-refractivity contribution in [1.82, 2.24) is 0 Å². The van der Waals surface area contributed by atoms with Gasteiger partial charge >= 0.3 is 23.9 Å². The van der Waals surface area contributed by atoms with E-state index in [2.05, 4.69) is 0 Å². The van der Waals surface area contributed by atoms with Crippen LogP contribution in [0.15, 0.2) is 0 Å². The molecule has 0 N–H and O–H groups in total. The van der Waals surface area contributed by atoms with E-state index in [1.807, 2.05) is 96.9 Å². The summed E-state index contributed by atoms with van der Waals surface area (Å²) in [5, 5.41) is -1.94. The van der Waals surface area contributed by atoms with Crippen LogP contribution in [0.4, 0.5) is 0 Å². The van der Waals surface area contributed by atoms with Crippen LogP contribution >= 0.6 is 47.0 Å². The largest absolute Gasteiger partial charge is 0.459 e. The molecule has 21 unspecified atom stereocenters. The number of hydrogen-bond donors (Lipinski definition) is 0. The molecule has 12 fully saturated rings. The van der Waals surface area contributed by atoms with Crippen molar-refractivity contribution in [1.29, 1.82) is 0 Å². The fraction of sp³-hybridized carbons (Fsp3) is 0.873. The monoisotopic (exact) mass is 1490 g/mol. The lowest BCUT2D eigenvalue weighted by atomic mass is 9.82. The molecule has 24 nitrogen and oxygen atoms in total. The molecule has 0 aromatic rings. The Kier molecular flexibility index (Phi) is 22.2. The SMILES string of the molecule is CCC(C)(C)C(=O)SCC(=O)OC1C2CC3C(C2)S(=O)(=O)OC31C.CCC(C)(C)C(=O)SCC(=O)OC1C2CC3C1OS(=O)(=O)C3C2.CCC(C)(C)C(=O)SCC(=O)OC1C2CC3C1OS(=O)(=O)C3C2C.CCC(C)(C)C(=O)SCC(=O)OC1C2OS(=O)(=O)C3CC1(C)CC23. The third kappa shape index (κ3) is 14.8. The van der Waals surface area contributed by atoms with Crippen molar-refractivity contribution >= 4 is 132 Å². The minimum atomic E-state index is -3.56. The number of thioether (sulfide) groups is 4. The molecule has 95 heavy (non-hydrogen) atoms. The van der Waals surface area contributed by atoms with Crippen LogP contribution in [-0.4, -0.2) is 170 Å². The summed E-state index contributed by atoms with van der Waals surface area (Å²) in [5.41, 5.74) is -3.18. The quantitative estimate of drug-likeness (QED) is 0.0633. The van der Waals surface area contributed by atoms with Gasteiger partial charge in [-0.05, 0) is 83.5 Å². The molecule has 0 radical (unpaired) electrons. The second-order valence-corrected chi connectivity index (χ2v) is 41.7. The van der Waals surface area contributed by atoms with Gasteiger partial charge in [0, 0.05) is 68.5 Å². The van der Waals surface area contributed by atoms with Crippen LogP contribution in [0.3, 0.4) is 0 Å². The van der Waals surface area contributed by atoms with E-state index in [4.69, 9.17) is 35.7 Å². The van der Waals surface area contributed by atoms with Gasteiger partial charge in [-0.3, -0.25) is 55.1 Å². The topological polar surface area (TPSA) is 347 Å². The Labute approximate surface area is 576 Å². The van der Waals surface area contributed by atoms with Crippen LogP contribution in [0.2, 0.25) is 0 Å². The molecular weight excluding hydrogens is 1400 g/mol. The highest BCUT2D eigenvalue weighted by Crippen LogP contribution is 2.64. The molecule has 8 bridgehead atoms. The molecule has 12 aliphatic rings. The van der Waals surface area contributed by atoms with E-state index in [1.165, 1.54) is 0 Å². The molecule has 0 aromatic carbocycles. The van der Waals surface area contributed by atoms with Crippen molar-refractivity contribution in [3.63, 3.8) is 0 Å². The van der Waals surface area contributed by atoms with Crippen molar-refractivity contribution in [2.75, 3.05) is 23.0 Å². The molecule has 0 aromatic heterocycles. The minimum Gasteiger partial charge on any atom is -0.459 e. The molecule has 32 heteroatoms. The van der Waals surface area contributed by atoms with Gasteiger partial charge in [-0.1, -0.05) is 144 Å². The molecule has 4 heterocycles. The molecule has 0 amide bonds. The zero-order valence-electron chi connectivity index (χ0n) is 56.6. The summed E-state index contributed by atoms with van der Waals surface area (Å²) in [4.78, 5) is 96.8. The number of carbonyl (C=O) groups is 8. The van der Waals surface area contributed by atoms with E-state index >= 15 is 0 Å². The smallest absolute Gasteiger partial charge is 0.316 e. The van der Waals surface area contributed by atoms with E-state index in [0.29, 0.717) is 57.8 Å². The molecule has 8 aliphatic carbocycles. The zero-order chi connectivity index (χ0) is 70.7. The first kappa shape index (κ1) is 76.8. The average molecular weight is 1490 g/mol. The Bertz CT molecular complexity index is 3480. The normalized spacial score (nSPS) is 38.7. The molecule has 12 rings (SSSR count). The van der Waals surface area contributed by atoms with Gasteiger partial charge < -0.3 is 18.9 Å². The summed E-state index contributed by atoms with van der Waals surface area (Å²) in [6.07, 6.45) is 3.45. The Morgan fingerprint density at radius 1 is 0.432 bits per heavy atom. The van der Waals surface area contributed by atoms with Gasteiger partial charge in [-0.2, -0.15) is 33.7 Å². The Balaban J connectivity index is 0.000000149. The number of carbonyl (C=O) groups excluding carboxylic acids is 8. The fourth-order valence-electron chi connectivity index (χ4n) is 16.1. The summed E-state index contributed by atoms with van der Waals surface area (Å²) >= 11 is 3.86. The molecule has 8 saturated carbocycles. The molecule has 538 valence electrons. The summed E-state index contributed by atoms with van der Waals surface area (Å²) < 4.78 is 139. The lowest BCUT2D eigenvalue weighted by Gasteiger charge is -2.33. The highest BCUT2D eigenvalue weighted by Gasteiger charge is 2.73. The first-order chi connectivity index (χ1) is 43.7. The van der Waals surface area contributed by atoms with Crippen molar-refractivity contribution in [2.24, 2.45) is 74.4 Å². The maximum Gasteiger partial charge on any atom is 0.316 e. The first-order valence-electron chi connectivity index (χ1n) is 32.9. The molecule has 4 aliphatic heterocycles. The van der Waals surface area contributed by atoms with E-state index in [-0.39, 0.29) is 96.2 Å². The van der Waals surface area contributed by atoms with Crippen molar-refractivity contribution in [2.45, 2.75) is 244 Å². The number of ether oxygens (including phenoxy) is 4. The van der Waals surface area contributed by atoms with Crippen LogP contribution in [0, 0.1) is 74.4 Å². The maximum atomic E-state index is 12.2. The van der Waals surface area contributed by atoms with Crippen molar-refractivity contribution < 1.29 is 108 Å². The van der Waals surface area contributed by atoms with Crippen LogP contribution < -0.4 is 0 Å². The minimum absolute atomic E-state index is 0.0269. The summed E-state index contributed by atoms with van der Waals surface area (Å²) in [7, 11) is -14.1. The summed E-state index contributed by atoms with van der Waals surface area (Å²) in [5.74, 6) is -2.36. The van der Waals surface area contributed by atoms with Crippen molar-refractivity contribution in [3.05, 3.63) is 0 Å². The number of rotatable bonds is 20. The number of fused-ring (bicyclic) bond motifs is 4. The second kappa shape index (κ2) is 27.4. The Morgan fingerprint density at radius 3 is 1.33 bits per heavy atom. The third-order valence-corrected chi connectivity index (χ3v) is 35.3. The van der Waals surface area contributed by atoms with Gasteiger partial charge in [-0.25, -0.2) is 0 Å². The lowest BCUT2D eigenvalue weighted by molar-refractivity contribution is -0.160. The van der Waals surface area contributed by atoms with Crippen molar-refractivity contribution in [3.8, 4) is 0 Å². The molecular formula is C63H94O24S8. The molecule has 21 atom stereocenters. The van der Waals surface area contributed by atoms with Gasteiger partial charge in [-0.15, -0.1) is 0 Å². The van der Waals surface area contributed by atoms with Gasteiger partial charge in [0.25, 0.3) is 40.5 Å². The van der Waals surface area contributed by atoms with Gasteiger partial charge in [0.1, 0.15) is 48.3 Å². The highest BCUT2D eigenvalue weighted by atomic mass is 32.2. The molecule has 4 saturated heterocycles. The third-order valence-electron chi connectivity index (χ3n) is 23.2. The second-order valence-electron chi connectivity index (χ2n) is 30.9. The maximum absolute atomic E-state index is 12.2. The standard InChI is InChI=1S/3C16H24O6S2.C15H22O6S2/c1-5-15(2,3)14(18)23-8-11(17)21-13-12-9-6-16(13,4)7-10(9)24(19,20)22-12;1-5-15(2,3)14(18)23-8-12(17)21-13-9-6-10-11(7-9)24(19,20)22-16(10,13)4;1-5-16(3,4)15(18)23-7-11(17)21-12-9-6-10-13(12)22-24(19,20)14(10)8(9)2;1-4-15(2,3)14(17)22-7-11(16)20-12-8-5-9-10(6-8)23(18,19)21-13(9)12/h9-10,12-13H,5-8H2,1-4H3;9-11,13H,5-8H2,1-4H3;8-10,12-14H,5-7H2,1-4H3;8-10,12-13H,4-7H2,1-3H3. The predicted molar refractivity (Wildman–Crippen MR) is 355 cm³/mol.